The van der Waals surface area contributed by atoms with Crippen molar-refractivity contribution in [3.63, 3.8) is 0 Å². The summed E-state index contributed by atoms with van der Waals surface area (Å²) in [4.78, 5) is 0.111. The molecular weight excluding hydrogens is 278 g/mol. The highest BCUT2D eigenvalue weighted by Gasteiger charge is 2.19. The Bertz CT molecular complexity index is 504. The first kappa shape index (κ1) is 15.4. The van der Waals surface area contributed by atoms with Crippen LogP contribution in [0.1, 0.15) is 5.56 Å². The molecule has 1 aromatic carbocycles. The second-order valence-corrected chi connectivity index (χ2v) is 5.97. The predicted molar refractivity (Wildman–Crippen MR) is 69.3 cm³/mol. The van der Waals surface area contributed by atoms with Gasteiger partial charge in [-0.2, -0.15) is 0 Å². The molecule has 2 N–H and O–H groups in total. The van der Waals surface area contributed by atoms with Crippen molar-refractivity contribution in [3.05, 3.63) is 28.8 Å². The fourth-order valence-electron chi connectivity index (χ4n) is 1.41. The van der Waals surface area contributed by atoms with Gasteiger partial charge in [-0.25, -0.2) is 13.1 Å². The van der Waals surface area contributed by atoms with Gasteiger partial charge in [0.25, 0.3) is 0 Å². The zero-order valence-electron chi connectivity index (χ0n) is 10.2. The summed E-state index contributed by atoms with van der Waals surface area (Å²) in [7, 11) is -2.25. The summed E-state index contributed by atoms with van der Waals surface area (Å²) in [5.74, 6) is 0. The molecule has 1 atom stereocenters. The fraction of sp³-hybridized carbons (Fsp3) is 0.455. The van der Waals surface area contributed by atoms with Crippen molar-refractivity contribution in [1.29, 1.82) is 0 Å². The van der Waals surface area contributed by atoms with Crippen LogP contribution in [0.15, 0.2) is 23.1 Å². The summed E-state index contributed by atoms with van der Waals surface area (Å²) >= 11 is 5.87. The SMILES string of the molecule is COCC(O)CNS(=O)(=O)c1cccc(Cl)c1C. The number of nitrogens with one attached hydrogen (secondary N) is 1. The maximum atomic E-state index is 12.0. The minimum atomic E-state index is -3.68. The molecule has 0 heterocycles. The average Bonchev–Trinajstić information content (AvgIpc) is 2.30. The van der Waals surface area contributed by atoms with Crippen molar-refractivity contribution in [2.75, 3.05) is 20.3 Å². The van der Waals surface area contributed by atoms with Crippen LogP contribution in [-0.2, 0) is 14.8 Å². The van der Waals surface area contributed by atoms with Gasteiger partial charge in [-0.15, -0.1) is 0 Å². The zero-order valence-corrected chi connectivity index (χ0v) is 11.8. The van der Waals surface area contributed by atoms with Gasteiger partial charge in [0, 0.05) is 18.7 Å². The van der Waals surface area contributed by atoms with Crippen LogP contribution in [0, 0.1) is 6.92 Å². The Labute approximate surface area is 112 Å². The molecule has 0 saturated heterocycles. The van der Waals surface area contributed by atoms with Gasteiger partial charge in [0.2, 0.25) is 10.0 Å². The minimum absolute atomic E-state index is 0.0665. The van der Waals surface area contributed by atoms with Crippen molar-refractivity contribution < 1.29 is 18.3 Å². The Morgan fingerprint density at radius 1 is 1.50 bits per heavy atom. The predicted octanol–water partition coefficient (Wildman–Crippen LogP) is 0.934. The molecule has 0 bridgehead atoms. The number of benzene rings is 1. The van der Waals surface area contributed by atoms with Gasteiger partial charge in [0.1, 0.15) is 0 Å². The smallest absolute Gasteiger partial charge is 0.240 e. The molecule has 1 unspecified atom stereocenters. The number of aliphatic hydroxyl groups excluding tert-OH is 1. The molecule has 0 aromatic heterocycles. The maximum Gasteiger partial charge on any atom is 0.240 e. The molecule has 102 valence electrons. The Hall–Kier alpha value is -0.660. The van der Waals surface area contributed by atoms with Crippen LogP contribution >= 0.6 is 11.6 Å². The van der Waals surface area contributed by atoms with Crippen molar-refractivity contribution in [1.82, 2.24) is 4.72 Å². The highest BCUT2D eigenvalue weighted by molar-refractivity contribution is 7.89. The molecule has 5 nitrogen and oxygen atoms in total. The number of halogens is 1. The van der Waals surface area contributed by atoms with Gasteiger partial charge >= 0.3 is 0 Å². The van der Waals surface area contributed by atoms with Crippen molar-refractivity contribution in [3.8, 4) is 0 Å². The Kier molecular flexibility index (Phi) is 5.55. The minimum Gasteiger partial charge on any atom is -0.389 e. The van der Waals surface area contributed by atoms with E-state index in [0.717, 1.165) is 0 Å². The standard InChI is InChI=1S/C11H16ClNO4S/c1-8-10(12)4-3-5-11(8)18(15,16)13-6-9(14)7-17-2/h3-5,9,13-14H,6-7H2,1-2H3. The highest BCUT2D eigenvalue weighted by Crippen LogP contribution is 2.22. The number of hydrogen-bond acceptors (Lipinski definition) is 4. The monoisotopic (exact) mass is 293 g/mol. The Balaban J connectivity index is 2.84. The van der Waals surface area contributed by atoms with Crippen LogP contribution in [0.5, 0.6) is 0 Å². The quantitative estimate of drug-likeness (QED) is 0.818. The van der Waals surface area contributed by atoms with E-state index < -0.39 is 16.1 Å². The van der Waals surface area contributed by atoms with Crippen molar-refractivity contribution in [2.45, 2.75) is 17.9 Å². The lowest BCUT2D eigenvalue weighted by molar-refractivity contribution is 0.0679. The van der Waals surface area contributed by atoms with E-state index in [4.69, 9.17) is 16.3 Å². The summed E-state index contributed by atoms with van der Waals surface area (Å²) in [5, 5.41) is 9.79. The fourth-order valence-corrected chi connectivity index (χ4v) is 2.98. The number of methoxy groups -OCH3 is 1. The molecule has 0 aliphatic rings. The van der Waals surface area contributed by atoms with Gasteiger partial charge in [-0.05, 0) is 24.6 Å². The van der Waals surface area contributed by atoms with Crippen LogP contribution in [0.25, 0.3) is 0 Å². The number of aliphatic hydroxyl groups is 1. The van der Waals surface area contributed by atoms with E-state index in [1.807, 2.05) is 0 Å². The van der Waals surface area contributed by atoms with Crippen LogP contribution in [0.3, 0.4) is 0 Å². The molecule has 0 radical (unpaired) electrons. The molecule has 0 fully saturated rings. The third-order valence-corrected chi connectivity index (χ3v) is 4.35. The van der Waals surface area contributed by atoms with E-state index in [1.54, 1.807) is 19.1 Å². The molecule has 0 aliphatic heterocycles. The van der Waals surface area contributed by atoms with Gasteiger partial charge < -0.3 is 9.84 Å². The van der Waals surface area contributed by atoms with Gasteiger partial charge in [-0.3, -0.25) is 0 Å². The van der Waals surface area contributed by atoms with Gasteiger partial charge in [0.15, 0.2) is 0 Å². The van der Waals surface area contributed by atoms with E-state index in [1.165, 1.54) is 13.2 Å². The molecule has 0 amide bonds. The summed E-state index contributed by atoms with van der Waals surface area (Å²) < 4.78 is 31.0. The molecule has 1 rings (SSSR count). The number of sulfonamides is 1. The first-order valence-corrected chi connectivity index (χ1v) is 7.16. The molecule has 0 saturated carbocycles. The van der Waals surface area contributed by atoms with Gasteiger partial charge in [0.05, 0.1) is 17.6 Å². The largest absolute Gasteiger partial charge is 0.389 e. The summed E-state index contributed by atoms with van der Waals surface area (Å²) in [6.07, 6.45) is -0.885. The maximum absolute atomic E-state index is 12.0. The second-order valence-electron chi connectivity index (χ2n) is 3.82. The second kappa shape index (κ2) is 6.49. The molecular formula is C11H16ClNO4S. The topological polar surface area (TPSA) is 75.6 Å². The Morgan fingerprint density at radius 2 is 2.17 bits per heavy atom. The summed E-state index contributed by atoms with van der Waals surface area (Å²) in [6.45, 7) is 1.58. The number of rotatable bonds is 6. The Morgan fingerprint density at radius 3 is 2.78 bits per heavy atom. The van der Waals surface area contributed by atoms with Crippen LogP contribution in [0.4, 0.5) is 0 Å². The van der Waals surface area contributed by atoms with Crippen LogP contribution in [-0.4, -0.2) is 39.9 Å². The van der Waals surface area contributed by atoms with Gasteiger partial charge in [-0.1, -0.05) is 17.7 Å². The van der Waals surface area contributed by atoms with Crippen LogP contribution in [0.2, 0.25) is 5.02 Å². The van der Waals surface area contributed by atoms with Crippen molar-refractivity contribution in [2.24, 2.45) is 0 Å². The third kappa shape index (κ3) is 3.93. The highest BCUT2D eigenvalue weighted by atomic mass is 35.5. The molecule has 0 aliphatic carbocycles. The molecule has 1 aromatic rings. The van der Waals surface area contributed by atoms with Crippen molar-refractivity contribution >= 4 is 21.6 Å². The number of hydrogen-bond donors (Lipinski definition) is 2. The van der Waals surface area contributed by atoms with E-state index in [9.17, 15) is 13.5 Å². The molecule has 18 heavy (non-hydrogen) atoms. The average molecular weight is 294 g/mol. The summed E-state index contributed by atoms with van der Waals surface area (Å²) in [6, 6.07) is 4.65. The first-order chi connectivity index (χ1) is 8.38. The number of ether oxygens (including phenoxy) is 1. The first-order valence-electron chi connectivity index (χ1n) is 5.30. The normalized spacial score (nSPS) is 13.6. The lowest BCUT2D eigenvalue weighted by atomic mass is 10.2. The molecule has 0 spiro atoms. The van der Waals surface area contributed by atoms with E-state index in [2.05, 4.69) is 4.72 Å². The zero-order chi connectivity index (χ0) is 13.8. The van der Waals surface area contributed by atoms with E-state index in [0.29, 0.717) is 10.6 Å². The van der Waals surface area contributed by atoms with Crippen LogP contribution < -0.4 is 4.72 Å². The van der Waals surface area contributed by atoms with E-state index >= 15 is 0 Å². The lowest BCUT2D eigenvalue weighted by Gasteiger charge is -2.13. The third-order valence-electron chi connectivity index (χ3n) is 2.38. The van der Waals surface area contributed by atoms with E-state index in [-0.39, 0.29) is 18.0 Å². The molecule has 7 heteroatoms. The lowest BCUT2D eigenvalue weighted by Crippen LogP contribution is -2.34. The summed E-state index contributed by atoms with van der Waals surface area (Å²) in [5.41, 5.74) is 0.480.